The zero-order valence-corrected chi connectivity index (χ0v) is 42.0. The van der Waals surface area contributed by atoms with Gasteiger partial charge in [0.05, 0.1) is 25.9 Å². The van der Waals surface area contributed by atoms with Crippen LogP contribution in [0.1, 0.15) is 252 Å². The SMILES string of the molecule is CCCCCC(CCCCC)CCOC(=O)CCCCCCCCC1(CCCCCCCCC(=O)OCCC(CCCCC)CCCCC)OCC(CCN2CCN(C)CC2)O1. The average Bonchev–Trinajstić information content (AvgIpc) is 3.68. The van der Waals surface area contributed by atoms with E-state index in [1.165, 1.54) is 141 Å². The van der Waals surface area contributed by atoms with Gasteiger partial charge in [0, 0.05) is 58.4 Å². The largest absolute Gasteiger partial charge is 0.466 e. The minimum Gasteiger partial charge on any atom is -0.466 e. The molecule has 0 spiro atoms. The predicted octanol–water partition coefficient (Wildman–Crippen LogP) is 14.4. The molecule has 1 unspecified atom stereocenters. The zero-order chi connectivity index (χ0) is 44.8. The molecule has 1 atom stereocenters. The molecule has 0 radical (unpaired) electrons. The fourth-order valence-electron chi connectivity index (χ4n) is 9.71. The van der Waals surface area contributed by atoms with Gasteiger partial charge in [-0.15, -0.1) is 0 Å². The van der Waals surface area contributed by atoms with Crippen molar-refractivity contribution in [1.29, 1.82) is 0 Å². The molecule has 0 saturated carbocycles. The smallest absolute Gasteiger partial charge is 0.305 e. The molecule has 8 nitrogen and oxygen atoms in total. The molecule has 2 fully saturated rings. The maximum atomic E-state index is 12.5. The van der Waals surface area contributed by atoms with E-state index in [2.05, 4.69) is 44.5 Å². The second-order valence-corrected chi connectivity index (χ2v) is 19.9. The van der Waals surface area contributed by atoms with Crippen LogP contribution in [-0.2, 0) is 28.5 Å². The number of hydrogen-bond donors (Lipinski definition) is 0. The molecule has 2 aliphatic heterocycles. The van der Waals surface area contributed by atoms with Crippen LogP contribution in [-0.4, -0.2) is 93.2 Å². The molecule has 2 rings (SSSR count). The van der Waals surface area contributed by atoms with Gasteiger partial charge in [0.1, 0.15) is 0 Å². The summed E-state index contributed by atoms with van der Waals surface area (Å²) in [6.07, 6.45) is 40.5. The van der Waals surface area contributed by atoms with Crippen LogP contribution < -0.4 is 0 Å². The molecule has 0 aromatic carbocycles. The fraction of sp³-hybridized carbons (Fsp3) is 0.963. The summed E-state index contributed by atoms with van der Waals surface area (Å²) in [7, 11) is 2.22. The van der Waals surface area contributed by atoms with E-state index in [-0.39, 0.29) is 18.0 Å². The first-order valence-corrected chi connectivity index (χ1v) is 27.4. The van der Waals surface area contributed by atoms with Gasteiger partial charge in [-0.2, -0.15) is 0 Å². The van der Waals surface area contributed by atoms with E-state index < -0.39 is 5.79 Å². The number of unbranched alkanes of at least 4 members (excludes halogenated alkanes) is 18. The van der Waals surface area contributed by atoms with Gasteiger partial charge in [0.25, 0.3) is 0 Å². The lowest BCUT2D eigenvalue weighted by Gasteiger charge is -2.33. The van der Waals surface area contributed by atoms with E-state index in [9.17, 15) is 9.59 Å². The molecule has 0 aliphatic carbocycles. The molecular weight excluding hydrogens is 773 g/mol. The quantitative estimate of drug-likeness (QED) is 0.0443. The number of carbonyl (C=O) groups excluding carboxylic acids is 2. The molecule has 2 saturated heterocycles. The minimum atomic E-state index is -0.434. The standard InChI is InChI=1S/C54H104N2O6/c1-6-10-22-30-49(31-23-11-7-2)37-46-59-52(57)34-26-18-14-16-20-28-39-54(61-48-51(62-54)36-41-56-44-42-55(5)43-45-56)40-29-21-17-15-19-27-35-53(58)60-47-38-50(32-24-12-8-3)33-25-13-9-4/h49-51H,6-48H2,1-5H3. The Kier molecular flexibility index (Phi) is 35.8. The van der Waals surface area contributed by atoms with Crippen LogP contribution in [0.4, 0.5) is 0 Å². The van der Waals surface area contributed by atoms with Crippen LogP contribution in [0.25, 0.3) is 0 Å². The van der Waals surface area contributed by atoms with Crippen molar-refractivity contribution in [2.45, 2.75) is 264 Å². The second-order valence-electron chi connectivity index (χ2n) is 19.9. The summed E-state index contributed by atoms with van der Waals surface area (Å²) in [5.74, 6) is 0.976. The first-order valence-electron chi connectivity index (χ1n) is 27.4. The van der Waals surface area contributed by atoms with Crippen LogP contribution in [0.15, 0.2) is 0 Å². The van der Waals surface area contributed by atoms with Crippen molar-refractivity contribution in [3.8, 4) is 0 Å². The molecule has 0 aromatic heterocycles. The third kappa shape index (κ3) is 30.1. The highest BCUT2D eigenvalue weighted by atomic mass is 16.7. The van der Waals surface area contributed by atoms with Crippen molar-refractivity contribution in [2.24, 2.45) is 11.8 Å². The second kappa shape index (κ2) is 39.0. The monoisotopic (exact) mass is 877 g/mol. The number of nitrogens with zero attached hydrogens (tertiary/aromatic N) is 2. The summed E-state index contributed by atoms with van der Waals surface area (Å²) >= 11 is 0. The molecule has 62 heavy (non-hydrogen) atoms. The number of ether oxygens (including phenoxy) is 4. The summed E-state index contributed by atoms with van der Waals surface area (Å²) in [4.78, 5) is 30.0. The lowest BCUT2D eigenvalue weighted by Crippen LogP contribution is -2.45. The predicted molar refractivity (Wildman–Crippen MR) is 261 cm³/mol. The molecule has 0 aromatic rings. The van der Waals surface area contributed by atoms with Gasteiger partial charge in [-0.3, -0.25) is 9.59 Å². The van der Waals surface area contributed by atoms with E-state index >= 15 is 0 Å². The first kappa shape index (κ1) is 56.9. The highest BCUT2D eigenvalue weighted by Gasteiger charge is 2.40. The van der Waals surface area contributed by atoms with Crippen LogP contribution >= 0.6 is 0 Å². The zero-order valence-electron chi connectivity index (χ0n) is 42.0. The number of esters is 2. The molecular formula is C54H104N2O6. The third-order valence-corrected chi connectivity index (χ3v) is 14.1. The van der Waals surface area contributed by atoms with Gasteiger partial charge in [0.2, 0.25) is 0 Å². The van der Waals surface area contributed by atoms with Gasteiger partial charge in [-0.1, -0.05) is 182 Å². The number of hydrogen-bond acceptors (Lipinski definition) is 8. The lowest BCUT2D eigenvalue weighted by atomic mass is 9.92. The molecule has 2 heterocycles. The lowest BCUT2D eigenvalue weighted by molar-refractivity contribution is -0.180. The molecule has 2 aliphatic rings. The number of piperazine rings is 1. The summed E-state index contributed by atoms with van der Waals surface area (Å²) in [5, 5.41) is 0. The Balaban J connectivity index is 1.64. The summed E-state index contributed by atoms with van der Waals surface area (Å²) in [6.45, 7) is 16.7. The van der Waals surface area contributed by atoms with Crippen LogP contribution in [0.3, 0.4) is 0 Å². The Morgan fingerprint density at radius 3 is 1.35 bits per heavy atom. The normalized spacial score (nSPS) is 17.1. The van der Waals surface area contributed by atoms with Crippen LogP contribution in [0, 0.1) is 11.8 Å². The Labute approximate surface area is 384 Å². The van der Waals surface area contributed by atoms with E-state index in [0.717, 1.165) is 110 Å². The maximum Gasteiger partial charge on any atom is 0.305 e. The van der Waals surface area contributed by atoms with Gasteiger partial charge in [-0.05, 0) is 63.8 Å². The summed E-state index contributed by atoms with van der Waals surface area (Å²) in [6, 6.07) is 0. The van der Waals surface area contributed by atoms with Gasteiger partial charge >= 0.3 is 11.9 Å². The van der Waals surface area contributed by atoms with Gasteiger partial charge in [0.15, 0.2) is 5.79 Å². The van der Waals surface area contributed by atoms with Crippen molar-refractivity contribution in [3.63, 3.8) is 0 Å². The first-order chi connectivity index (χ1) is 30.3. The third-order valence-electron chi connectivity index (χ3n) is 14.1. The Hall–Kier alpha value is -1.22. The molecule has 8 heteroatoms. The van der Waals surface area contributed by atoms with Crippen LogP contribution in [0.5, 0.6) is 0 Å². The average molecular weight is 877 g/mol. The summed E-state index contributed by atoms with van der Waals surface area (Å²) < 4.78 is 24.8. The van der Waals surface area contributed by atoms with Crippen molar-refractivity contribution in [1.82, 2.24) is 9.80 Å². The van der Waals surface area contributed by atoms with Crippen molar-refractivity contribution in [2.75, 3.05) is 59.6 Å². The van der Waals surface area contributed by atoms with Gasteiger partial charge in [-0.25, -0.2) is 0 Å². The van der Waals surface area contributed by atoms with E-state index in [0.29, 0.717) is 37.9 Å². The summed E-state index contributed by atoms with van der Waals surface area (Å²) in [5.41, 5.74) is 0. The van der Waals surface area contributed by atoms with E-state index in [1.807, 2.05) is 0 Å². The highest BCUT2D eigenvalue weighted by Crippen LogP contribution is 2.36. The highest BCUT2D eigenvalue weighted by molar-refractivity contribution is 5.69. The van der Waals surface area contributed by atoms with Crippen molar-refractivity contribution in [3.05, 3.63) is 0 Å². The van der Waals surface area contributed by atoms with Crippen molar-refractivity contribution >= 4 is 11.9 Å². The fourth-order valence-corrected chi connectivity index (χ4v) is 9.71. The van der Waals surface area contributed by atoms with Crippen LogP contribution in [0.2, 0.25) is 0 Å². The van der Waals surface area contributed by atoms with Crippen molar-refractivity contribution < 1.29 is 28.5 Å². The molecule has 0 bridgehead atoms. The number of likely N-dealkylation sites (N-methyl/N-ethyl adjacent to an activating group) is 1. The molecule has 366 valence electrons. The number of carbonyl (C=O) groups is 2. The Morgan fingerprint density at radius 1 is 0.532 bits per heavy atom. The Bertz CT molecular complexity index is 956. The molecule has 0 N–H and O–H groups in total. The molecule has 0 amide bonds. The topological polar surface area (TPSA) is 77.5 Å². The maximum absolute atomic E-state index is 12.5. The Morgan fingerprint density at radius 2 is 0.935 bits per heavy atom. The van der Waals surface area contributed by atoms with E-state index in [1.54, 1.807) is 0 Å². The van der Waals surface area contributed by atoms with E-state index in [4.69, 9.17) is 18.9 Å². The minimum absolute atomic E-state index is 0.00436. The number of rotatable bonds is 43. The van der Waals surface area contributed by atoms with Gasteiger partial charge < -0.3 is 28.7 Å².